The van der Waals surface area contributed by atoms with Crippen LogP contribution in [0.2, 0.25) is 0 Å². The van der Waals surface area contributed by atoms with Gasteiger partial charge in [0.25, 0.3) is 0 Å². The zero-order valence-electron chi connectivity index (χ0n) is 11.1. The molecule has 4 heteroatoms. The molecule has 0 aliphatic carbocycles. The van der Waals surface area contributed by atoms with E-state index in [4.69, 9.17) is 5.73 Å². The number of rotatable bonds is 5. The quantitative estimate of drug-likeness (QED) is 0.851. The van der Waals surface area contributed by atoms with E-state index in [0.29, 0.717) is 0 Å². The number of nitrogens with two attached hydrogens (primary N) is 1. The molecular formula is C13H22FN3. The minimum absolute atomic E-state index is 0.164. The van der Waals surface area contributed by atoms with E-state index in [-0.39, 0.29) is 11.9 Å². The highest BCUT2D eigenvalue weighted by Gasteiger charge is 2.11. The fourth-order valence-corrected chi connectivity index (χ4v) is 1.71. The molecule has 1 atom stereocenters. The number of hydrogen-bond acceptors (Lipinski definition) is 3. The molecule has 3 nitrogen and oxygen atoms in total. The van der Waals surface area contributed by atoms with Crippen molar-refractivity contribution in [2.24, 2.45) is 5.73 Å². The van der Waals surface area contributed by atoms with Gasteiger partial charge in [0.15, 0.2) is 0 Å². The van der Waals surface area contributed by atoms with Gasteiger partial charge in [0, 0.05) is 31.9 Å². The van der Waals surface area contributed by atoms with Crippen LogP contribution in [0.5, 0.6) is 0 Å². The Morgan fingerprint density at radius 2 is 1.88 bits per heavy atom. The van der Waals surface area contributed by atoms with Crippen LogP contribution in [0.1, 0.15) is 18.5 Å². The third-order valence-corrected chi connectivity index (χ3v) is 2.77. The summed E-state index contributed by atoms with van der Waals surface area (Å²) in [4.78, 5) is 4.23. The van der Waals surface area contributed by atoms with Gasteiger partial charge in [-0.15, -0.1) is 0 Å². The van der Waals surface area contributed by atoms with Crippen LogP contribution >= 0.6 is 0 Å². The van der Waals surface area contributed by atoms with E-state index in [1.54, 1.807) is 6.07 Å². The van der Waals surface area contributed by atoms with Gasteiger partial charge in [-0.2, -0.15) is 0 Å². The van der Waals surface area contributed by atoms with Crippen LogP contribution in [0.4, 0.5) is 10.1 Å². The predicted octanol–water partition coefficient (Wildman–Crippen LogP) is 1.84. The summed E-state index contributed by atoms with van der Waals surface area (Å²) in [5, 5.41) is 0. The molecule has 0 amide bonds. The largest absolute Gasteiger partial charge is 0.373 e. The first kappa shape index (κ1) is 13.9. The van der Waals surface area contributed by atoms with Crippen molar-refractivity contribution in [1.29, 1.82) is 0 Å². The van der Waals surface area contributed by atoms with Crippen molar-refractivity contribution in [3.05, 3.63) is 29.6 Å². The summed E-state index contributed by atoms with van der Waals surface area (Å²) in [5.74, 6) is -0.234. The fourth-order valence-electron chi connectivity index (χ4n) is 1.71. The molecule has 0 fully saturated rings. The number of likely N-dealkylation sites (N-methyl/N-ethyl adjacent to an activating group) is 2. The van der Waals surface area contributed by atoms with Gasteiger partial charge in [-0.1, -0.05) is 0 Å². The second-order valence-electron chi connectivity index (χ2n) is 4.72. The summed E-state index contributed by atoms with van der Waals surface area (Å²) < 4.78 is 13.2. The highest BCUT2D eigenvalue weighted by atomic mass is 19.1. The molecule has 17 heavy (non-hydrogen) atoms. The van der Waals surface area contributed by atoms with E-state index >= 15 is 0 Å². The molecular weight excluding hydrogens is 217 g/mol. The average molecular weight is 239 g/mol. The van der Waals surface area contributed by atoms with Crippen LogP contribution < -0.4 is 10.6 Å². The van der Waals surface area contributed by atoms with Crippen molar-refractivity contribution in [2.75, 3.05) is 39.1 Å². The number of hydrogen-bond donors (Lipinski definition) is 1. The van der Waals surface area contributed by atoms with Gasteiger partial charge in [-0.25, -0.2) is 4.39 Å². The van der Waals surface area contributed by atoms with Crippen molar-refractivity contribution in [3.63, 3.8) is 0 Å². The Hall–Kier alpha value is -1.13. The Bertz CT molecular complexity index is 364. The van der Waals surface area contributed by atoms with E-state index in [1.807, 2.05) is 28.1 Å². The van der Waals surface area contributed by atoms with Crippen molar-refractivity contribution < 1.29 is 4.39 Å². The molecule has 0 aliphatic rings. The number of anilines is 1. The summed E-state index contributed by atoms with van der Waals surface area (Å²) >= 11 is 0. The maximum Gasteiger partial charge on any atom is 0.123 e. The third-order valence-electron chi connectivity index (χ3n) is 2.77. The van der Waals surface area contributed by atoms with E-state index in [0.717, 1.165) is 24.3 Å². The Labute approximate surface area is 103 Å². The molecule has 1 rings (SSSR count). The smallest absolute Gasteiger partial charge is 0.123 e. The van der Waals surface area contributed by atoms with Crippen LogP contribution in [0.15, 0.2) is 18.2 Å². The van der Waals surface area contributed by atoms with Crippen LogP contribution in [-0.4, -0.2) is 39.1 Å². The second kappa shape index (κ2) is 5.98. The van der Waals surface area contributed by atoms with Crippen LogP contribution in [0.25, 0.3) is 0 Å². The van der Waals surface area contributed by atoms with Crippen molar-refractivity contribution in [1.82, 2.24) is 4.90 Å². The molecule has 0 radical (unpaired) electrons. The normalized spacial score (nSPS) is 12.9. The van der Waals surface area contributed by atoms with Gasteiger partial charge in [0.2, 0.25) is 0 Å². The molecule has 1 aromatic rings. The lowest BCUT2D eigenvalue weighted by Gasteiger charge is -2.25. The number of halogens is 1. The van der Waals surface area contributed by atoms with Gasteiger partial charge in [0.05, 0.1) is 0 Å². The zero-order chi connectivity index (χ0) is 13.0. The van der Waals surface area contributed by atoms with Gasteiger partial charge < -0.3 is 15.5 Å². The Balaban J connectivity index is 2.88. The lowest BCUT2D eigenvalue weighted by molar-refractivity contribution is 0.416. The first-order valence-electron chi connectivity index (χ1n) is 5.82. The summed E-state index contributed by atoms with van der Waals surface area (Å²) in [6, 6.07) is 4.63. The third kappa shape index (κ3) is 3.98. The van der Waals surface area contributed by atoms with Gasteiger partial charge >= 0.3 is 0 Å². The molecule has 1 unspecified atom stereocenters. The minimum atomic E-state index is -0.234. The Morgan fingerprint density at radius 1 is 1.24 bits per heavy atom. The lowest BCUT2D eigenvalue weighted by Crippen LogP contribution is -2.29. The SMILES string of the molecule is CC(N)c1cc(F)ccc1N(C)CCN(C)C. The van der Waals surface area contributed by atoms with Crippen LogP contribution in [-0.2, 0) is 0 Å². The van der Waals surface area contributed by atoms with Crippen LogP contribution in [0, 0.1) is 5.82 Å². The summed E-state index contributed by atoms with van der Waals surface area (Å²) in [6.45, 7) is 3.71. The van der Waals surface area contributed by atoms with Gasteiger partial charge in [0.1, 0.15) is 5.82 Å². The van der Waals surface area contributed by atoms with E-state index < -0.39 is 0 Å². The van der Waals surface area contributed by atoms with Gasteiger partial charge in [-0.05, 0) is 44.8 Å². The lowest BCUT2D eigenvalue weighted by atomic mass is 10.1. The number of benzene rings is 1. The second-order valence-corrected chi connectivity index (χ2v) is 4.72. The maximum atomic E-state index is 13.2. The average Bonchev–Trinajstić information content (AvgIpc) is 2.25. The topological polar surface area (TPSA) is 32.5 Å². The van der Waals surface area contributed by atoms with Crippen LogP contribution in [0.3, 0.4) is 0 Å². The summed E-state index contributed by atoms with van der Waals surface area (Å²) in [6.07, 6.45) is 0. The predicted molar refractivity (Wildman–Crippen MR) is 70.8 cm³/mol. The summed E-state index contributed by atoms with van der Waals surface area (Å²) in [7, 11) is 6.07. The van der Waals surface area contributed by atoms with Crippen molar-refractivity contribution in [2.45, 2.75) is 13.0 Å². The fraction of sp³-hybridized carbons (Fsp3) is 0.538. The first-order chi connectivity index (χ1) is 7.91. The molecule has 0 aliphatic heterocycles. The molecule has 2 N–H and O–H groups in total. The molecule has 0 bridgehead atoms. The summed E-state index contributed by atoms with van der Waals surface area (Å²) in [5.41, 5.74) is 7.73. The molecule has 0 heterocycles. The van der Waals surface area contributed by atoms with E-state index in [1.165, 1.54) is 12.1 Å². The standard InChI is InChI=1S/C13H22FN3/c1-10(15)12-9-11(14)5-6-13(12)17(4)8-7-16(2)3/h5-6,9-10H,7-8,15H2,1-4H3. The highest BCUT2D eigenvalue weighted by molar-refractivity contribution is 5.54. The Kier molecular flexibility index (Phi) is 4.90. The molecule has 0 spiro atoms. The van der Waals surface area contributed by atoms with Crippen molar-refractivity contribution >= 4 is 5.69 Å². The molecule has 0 saturated carbocycles. The van der Waals surface area contributed by atoms with E-state index in [2.05, 4.69) is 9.80 Å². The zero-order valence-corrected chi connectivity index (χ0v) is 11.1. The molecule has 0 aromatic heterocycles. The van der Waals surface area contributed by atoms with Gasteiger partial charge in [-0.3, -0.25) is 0 Å². The number of nitrogens with zero attached hydrogens (tertiary/aromatic N) is 2. The molecule has 96 valence electrons. The minimum Gasteiger partial charge on any atom is -0.373 e. The monoisotopic (exact) mass is 239 g/mol. The first-order valence-corrected chi connectivity index (χ1v) is 5.82. The van der Waals surface area contributed by atoms with Crippen molar-refractivity contribution in [3.8, 4) is 0 Å². The molecule has 1 aromatic carbocycles. The maximum absolute atomic E-state index is 13.2. The van der Waals surface area contributed by atoms with E-state index in [9.17, 15) is 4.39 Å². The molecule has 0 saturated heterocycles. The highest BCUT2D eigenvalue weighted by Crippen LogP contribution is 2.25. The Morgan fingerprint density at radius 3 is 2.41 bits per heavy atom.